The number of imidazole rings is 1. The van der Waals surface area contributed by atoms with E-state index < -0.39 is 0 Å². The smallest absolute Gasteiger partial charge is 0.274 e. The van der Waals surface area contributed by atoms with E-state index in [0.29, 0.717) is 25.3 Å². The SMILES string of the molecule is O=C(c1cn2ccccc2n1)N1C[C@@H]2CC[C@H](C1)N(Cc1cscn1)C2=O. The van der Waals surface area contributed by atoms with Crippen LogP contribution in [0.5, 0.6) is 0 Å². The number of pyridine rings is 1. The van der Waals surface area contributed by atoms with Crippen molar-refractivity contribution in [1.29, 1.82) is 0 Å². The Hall–Kier alpha value is -2.74. The van der Waals surface area contributed by atoms with E-state index in [1.807, 2.05) is 44.0 Å². The van der Waals surface area contributed by atoms with Gasteiger partial charge in [-0.25, -0.2) is 9.97 Å². The van der Waals surface area contributed by atoms with Crippen LogP contribution >= 0.6 is 11.3 Å². The summed E-state index contributed by atoms with van der Waals surface area (Å²) in [5, 5.41) is 1.98. The van der Waals surface area contributed by atoms with Gasteiger partial charge in [-0.05, 0) is 25.0 Å². The van der Waals surface area contributed by atoms with Crippen LogP contribution in [-0.2, 0) is 11.3 Å². The number of amides is 2. The molecular weight excluding hydrogens is 362 g/mol. The first-order valence-electron chi connectivity index (χ1n) is 9.09. The maximum Gasteiger partial charge on any atom is 0.274 e. The highest BCUT2D eigenvalue weighted by molar-refractivity contribution is 7.07. The second-order valence-corrected chi connectivity index (χ2v) is 7.90. The summed E-state index contributed by atoms with van der Waals surface area (Å²) in [4.78, 5) is 38.5. The van der Waals surface area contributed by atoms with Gasteiger partial charge in [-0.3, -0.25) is 9.59 Å². The summed E-state index contributed by atoms with van der Waals surface area (Å²) in [6.07, 6.45) is 5.41. The highest BCUT2D eigenvalue weighted by Crippen LogP contribution is 2.31. The van der Waals surface area contributed by atoms with Gasteiger partial charge in [0, 0.05) is 36.9 Å². The minimum absolute atomic E-state index is 0.0407. The molecule has 8 heteroatoms. The third kappa shape index (κ3) is 2.90. The molecule has 0 N–H and O–H groups in total. The van der Waals surface area contributed by atoms with Crippen LogP contribution in [0.1, 0.15) is 29.0 Å². The van der Waals surface area contributed by atoms with Gasteiger partial charge in [-0.1, -0.05) is 6.07 Å². The Labute approximate surface area is 160 Å². The first-order valence-corrected chi connectivity index (χ1v) is 10.0. The Kier molecular flexibility index (Phi) is 3.93. The molecule has 2 bridgehead atoms. The molecule has 0 aromatic carbocycles. The number of aromatic nitrogens is 3. The second kappa shape index (κ2) is 6.45. The zero-order valence-corrected chi connectivity index (χ0v) is 15.5. The first-order chi connectivity index (χ1) is 13.2. The number of fused-ring (bicyclic) bond motifs is 5. The molecule has 0 saturated carbocycles. The molecule has 6 heterocycles. The second-order valence-electron chi connectivity index (χ2n) is 7.18. The number of thiazole rings is 1. The molecule has 0 radical (unpaired) electrons. The van der Waals surface area contributed by atoms with Crippen LogP contribution < -0.4 is 0 Å². The van der Waals surface area contributed by atoms with Gasteiger partial charge < -0.3 is 14.2 Å². The molecule has 0 aliphatic carbocycles. The van der Waals surface area contributed by atoms with Gasteiger partial charge in [0.25, 0.3) is 5.91 Å². The van der Waals surface area contributed by atoms with Crippen LogP contribution in [0.3, 0.4) is 0 Å². The van der Waals surface area contributed by atoms with Crippen molar-refractivity contribution in [3.63, 3.8) is 0 Å². The fourth-order valence-electron chi connectivity index (χ4n) is 4.10. The monoisotopic (exact) mass is 381 g/mol. The number of hydrogen-bond donors (Lipinski definition) is 0. The van der Waals surface area contributed by atoms with E-state index in [4.69, 9.17) is 0 Å². The number of rotatable bonds is 3. The average Bonchev–Trinajstić information content (AvgIpc) is 3.27. The number of piperidine rings is 1. The van der Waals surface area contributed by atoms with E-state index >= 15 is 0 Å². The molecule has 3 aromatic rings. The molecule has 6 rings (SSSR count). The van der Waals surface area contributed by atoms with E-state index in [1.165, 1.54) is 11.3 Å². The molecular formula is C19H19N5O2S. The Morgan fingerprint density at radius 2 is 2.19 bits per heavy atom. The van der Waals surface area contributed by atoms with Crippen molar-refractivity contribution in [1.82, 2.24) is 24.2 Å². The van der Waals surface area contributed by atoms with Crippen molar-refractivity contribution in [3.05, 3.63) is 52.9 Å². The third-order valence-corrected chi connectivity index (χ3v) is 6.11. The Bertz CT molecular complexity index is 966. The van der Waals surface area contributed by atoms with Gasteiger partial charge in [0.1, 0.15) is 11.3 Å². The van der Waals surface area contributed by atoms with Crippen LogP contribution in [0.2, 0.25) is 0 Å². The highest BCUT2D eigenvalue weighted by atomic mass is 32.1. The molecule has 3 aliphatic rings. The largest absolute Gasteiger partial charge is 0.334 e. The molecule has 2 atom stereocenters. The quantitative estimate of drug-likeness (QED) is 0.696. The lowest BCUT2D eigenvalue weighted by Crippen LogP contribution is -2.47. The van der Waals surface area contributed by atoms with Gasteiger partial charge in [0.05, 0.1) is 23.7 Å². The molecule has 0 unspecified atom stereocenters. The minimum Gasteiger partial charge on any atom is -0.334 e. The van der Waals surface area contributed by atoms with E-state index in [-0.39, 0.29) is 23.8 Å². The van der Waals surface area contributed by atoms with Crippen LogP contribution in [0, 0.1) is 5.92 Å². The summed E-state index contributed by atoms with van der Waals surface area (Å²) in [5.74, 6) is -0.0909. The Morgan fingerprint density at radius 3 is 3.00 bits per heavy atom. The number of carbonyl (C=O) groups is 2. The standard InChI is InChI=1S/C19H19N5O2S/c25-18-13-4-5-15(24(18)8-14-11-27-12-20-14)9-23(7-13)19(26)16-10-22-6-2-1-3-17(22)21-16/h1-3,6,10-13,15H,4-5,7-9H2/t13-,15+/m0/s1. The fourth-order valence-corrected chi connectivity index (χ4v) is 4.65. The molecule has 7 nitrogen and oxygen atoms in total. The summed E-state index contributed by atoms with van der Waals surface area (Å²) >= 11 is 1.54. The number of carbonyl (C=O) groups excluding carboxylic acids is 2. The number of hydrogen-bond acceptors (Lipinski definition) is 5. The van der Waals surface area contributed by atoms with Gasteiger partial charge in [0.2, 0.25) is 5.91 Å². The first kappa shape index (κ1) is 16.4. The molecule has 27 heavy (non-hydrogen) atoms. The van der Waals surface area contributed by atoms with Crippen molar-refractivity contribution in [3.8, 4) is 0 Å². The van der Waals surface area contributed by atoms with E-state index in [2.05, 4.69) is 9.97 Å². The van der Waals surface area contributed by atoms with E-state index in [9.17, 15) is 9.59 Å². The molecule has 2 amide bonds. The normalized spacial score (nSPS) is 22.4. The zero-order valence-electron chi connectivity index (χ0n) is 14.7. The lowest BCUT2D eigenvalue weighted by Gasteiger charge is -2.35. The van der Waals surface area contributed by atoms with Crippen LogP contribution in [-0.4, -0.2) is 55.1 Å². The number of nitrogens with zero attached hydrogens (tertiary/aromatic N) is 5. The minimum atomic E-state index is -0.136. The zero-order chi connectivity index (χ0) is 18.4. The van der Waals surface area contributed by atoms with Crippen molar-refractivity contribution in [2.75, 3.05) is 13.1 Å². The summed E-state index contributed by atoms with van der Waals surface area (Å²) in [6.45, 7) is 1.55. The predicted molar refractivity (Wildman–Crippen MR) is 100 cm³/mol. The molecule has 138 valence electrons. The molecule has 0 spiro atoms. The maximum absolute atomic E-state index is 13.1. The van der Waals surface area contributed by atoms with E-state index in [0.717, 1.165) is 24.2 Å². The third-order valence-electron chi connectivity index (χ3n) is 5.48. The fraction of sp³-hybridized carbons (Fsp3) is 0.368. The summed E-state index contributed by atoms with van der Waals surface area (Å²) < 4.78 is 1.85. The average molecular weight is 381 g/mol. The maximum atomic E-state index is 13.1. The van der Waals surface area contributed by atoms with Crippen LogP contribution in [0.4, 0.5) is 0 Å². The molecule has 3 aromatic heterocycles. The summed E-state index contributed by atoms with van der Waals surface area (Å²) in [5.41, 5.74) is 3.88. The highest BCUT2D eigenvalue weighted by Gasteiger charge is 2.42. The van der Waals surface area contributed by atoms with Crippen molar-refractivity contribution in [2.45, 2.75) is 25.4 Å². The van der Waals surface area contributed by atoms with Crippen LogP contribution in [0.25, 0.3) is 5.65 Å². The lowest BCUT2D eigenvalue weighted by molar-refractivity contribution is -0.140. The topological polar surface area (TPSA) is 70.8 Å². The van der Waals surface area contributed by atoms with Gasteiger partial charge in [0.15, 0.2) is 0 Å². The van der Waals surface area contributed by atoms with Crippen molar-refractivity contribution >= 4 is 28.8 Å². The van der Waals surface area contributed by atoms with Crippen molar-refractivity contribution in [2.24, 2.45) is 5.92 Å². The van der Waals surface area contributed by atoms with Gasteiger partial charge >= 0.3 is 0 Å². The van der Waals surface area contributed by atoms with Gasteiger partial charge in [-0.2, -0.15) is 0 Å². The van der Waals surface area contributed by atoms with Gasteiger partial charge in [-0.15, -0.1) is 11.3 Å². The summed E-state index contributed by atoms with van der Waals surface area (Å²) in [7, 11) is 0. The molecule has 3 aliphatic heterocycles. The molecule has 3 saturated heterocycles. The van der Waals surface area contributed by atoms with Crippen LogP contribution in [0.15, 0.2) is 41.5 Å². The van der Waals surface area contributed by atoms with E-state index in [1.54, 1.807) is 11.7 Å². The lowest BCUT2D eigenvalue weighted by atomic mass is 9.94. The Morgan fingerprint density at radius 1 is 1.26 bits per heavy atom. The van der Waals surface area contributed by atoms with Crippen molar-refractivity contribution < 1.29 is 9.59 Å². The molecule has 3 fully saturated rings. The predicted octanol–water partition coefficient (Wildman–Crippen LogP) is 2.05. The Balaban J connectivity index is 1.40. The summed E-state index contributed by atoms with van der Waals surface area (Å²) in [6, 6.07) is 5.73.